The van der Waals surface area contributed by atoms with E-state index in [0.29, 0.717) is 12.1 Å². The molecule has 1 aliphatic heterocycles. The molecule has 1 aliphatic rings. The van der Waals surface area contributed by atoms with Crippen LogP contribution < -0.4 is 5.32 Å². The van der Waals surface area contributed by atoms with Gasteiger partial charge in [0.15, 0.2) is 0 Å². The highest BCUT2D eigenvalue weighted by molar-refractivity contribution is 7.10. The Balaban J connectivity index is 1.70. The fourth-order valence-electron chi connectivity index (χ4n) is 2.96. The number of fused-ring (bicyclic) bond motifs is 1. The van der Waals surface area contributed by atoms with Gasteiger partial charge in [0.25, 0.3) is 0 Å². The van der Waals surface area contributed by atoms with E-state index in [9.17, 15) is 0 Å². The highest BCUT2D eigenvalue weighted by Crippen LogP contribution is 2.28. The van der Waals surface area contributed by atoms with Crippen LogP contribution in [-0.2, 0) is 6.42 Å². The van der Waals surface area contributed by atoms with E-state index in [1.807, 2.05) is 11.3 Å². The number of nitrogens with one attached hydrogen (secondary N) is 1. The molecule has 2 aromatic rings. The summed E-state index contributed by atoms with van der Waals surface area (Å²) in [5.41, 5.74) is 2.76. The Bertz CT molecular complexity index is 523. The Morgan fingerprint density at radius 3 is 2.90 bits per heavy atom. The van der Waals surface area contributed by atoms with E-state index in [1.54, 1.807) is 0 Å². The van der Waals surface area contributed by atoms with Gasteiger partial charge in [-0.2, -0.15) is 0 Å². The van der Waals surface area contributed by atoms with Crippen molar-refractivity contribution in [2.24, 2.45) is 0 Å². The van der Waals surface area contributed by atoms with Crippen molar-refractivity contribution in [2.45, 2.75) is 31.8 Å². The molecule has 3 heteroatoms. The second kappa shape index (κ2) is 5.98. The van der Waals surface area contributed by atoms with Gasteiger partial charge in [0.05, 0.1) is 0 Å². The Kier molecular flexibility index (Phi) is 4.08. The average Bonchev–Trinajstić information content (AvgIpc) is 2.93. The van der Waals surface area contributed by atoms with Crippen molar-refractivity contribution in [3.8, 4) is 0 Å². The highest BCUT2D eigenvalue weighted by Gasteiger charge is 2.23. The van der Waals surface area contributed by atoms with Crippen LogP contribution in [-0.4, -0.2) is 24.5 Å². The number of likely N-dealkylation sites (N-methyl/N-ethyl adjacent to an activating group) is 1. The lowest BCUT2D eigenvalue weighted by Gasteiger charge is -2.32. The third-order valence-corrected chi connectivity index (χ3v) is 5.48. The van der Waals surface area contributed by atoms with Gasteiger partial charge in [-0.25, -0.2) is 0 Å². The summed E-state index contributed by atoms with van der Waals surface area (Å²) in [5, 5.41) is 5.79. The number of anilines is 1. The zero-order chi connectivity index (χ0) is 13.9. The first-order valence-electron chi connectivity index (χ1n) is 7.33. The van der Waals surface area contributed by atoms with Crippen LogP contribution in [0.1, 0.15) is 29.8 Å². The SMILES string of the molecule is CC(c1cccs1)N(C)C1CCc2ccccc2NC1. The molecular formula is C17H22N2S. The smallest absolute Gasteiger partial charge is 0.0413 e. The summed E-state index contributed by atoms with van der Waals surface area (Å²) in [6.07, 6.45) is 2.38. The molecule has 2 heterocycles. The second-order valence-electron chi connectivity index (χ2n) is 5.59. The minimum absolute atomic E-state index is 0.489. The van der Waals surface area contributed by atoms with Crippen molar-refractivity contribution in [3.63, 3.8) is 0 Å². The number of para-hydroxylation sites is 1. The van der Waals surface area contributed by atoms with Gasteiger partial charge in [0.2, 0.25) is 0 Å². The van der Waals surface area contributed by atoms with E-state index in [0.717, 1.165) is 13.0 Å². The number of nitrogens with zero attached hydrogens (tertiary/aromatic N) is 1. The molecule has 2 unspecified atom stereocenters. The van der Waals surface area contributed by atoms with Crippen LogP contribution in [0.2, 0.25) is 0 Å². The first-order chi connectivity index (χ1) is 9.75. The van der Waals surface area contributed by atoms with Gasteiger partial charge in [-0.05, 0) is 49.9 Å². The number of benzene rings is 1. The summed E-state index contributed by atoms with van der Waals surface area (Å²) in [4.78, 5) is 3.97. The molecule has 0 spiro atoms. The molecule has 0 saturated heterocycles. The van der Waals surface area contributed by atoms with Gasteiger partial charge >= 0.3 is 0 Å². The van der Waals surface area contributed by atoms with Crippen molar-refractivity contribution in [1.82, 2.24) is 4.90 Å². The van der Waals surface area contributed by atoms with Gasteiger partial charge in [-0.15, -0.1) is 11.3 Å². The van der Waals surface area contributed by atoms with E-state index < -0.39 is 0 Å². The highest BCUT2D eigenvalue weighted by atomic mass is 32.1. The Morgan fingerprint density at radius 2 is 2.10 bits per heavy atom. The second-order valence-corrected chi connectivity index (χ2v) is 6.57. The number of aryl methyl sites for hydroxylation is 1. The van der Waals surface area contributed by atoms with Crippen molar-refractivity contribution in [2.75, 3.05) is 18.9 Å². The lowest BCUT2D eigenvalue weighted by molar-refractivity contribution is 0.187. The molecule has 0 radical (unpaired) electrons. The van der Waals surface area contributed by atoms with E-state index in [-0.39, 0.29) is 0 Å². The molecule has 1 aromatic carbocycles. The van der Waals surface area contributed by atoms with Crippen LogP contribution in [0.15, 0.2) is 41.8 Å². The maximum Gasteiger partial charge on any atom is 0.0413 e. The molecule has 20 heavy (non-hydrogen) atoms. The quantitative estimate of drug-likeness (QED) is 0.911. The van der Waals surface area contributed by atoms with Crippen LogP contribution in [0.4, 0.5) is 5.69 Å². The van der Waals surface area contributed by atoms with Crippen molar-refractivity contribution >= 4 is 17.0 Å². The first kappa shape index (κ1) is 13.7. The predicted molar refractivity (Wildman–Crippen MR) is 87.5 cm³/mol. The number of hydrogen-bond donors (Lipinski definition) is 1. The van der Waals surface area contributed by atoms with Crippen LogP contribution in [0, 0.1) is 0 Å². The molecule has 0 bridgehead atoms. The monoisotopic (exact) mass is 286 g/mol. The van der Waals surface area contributed by atoms with Gasteiger partial charge in [0.1, 0.15) is 0 Å². The number of thiophene rings is 1. The topological polar surface area (TPSA) is 15.3 Å². The van der Waals surface area contributed by atoms with E-state index in [1.165, 1.54) is 22.5 Å². The van der Waals surface area contributed by atoms with Crippen molar-refractivity contribution < 1.29 is 0 Å². The molecular weight excluding hydrogens is 264 g/mol. The minimum atomic E-state index is 0.489. The Hall–Kier alpha value is -1.32. The summed E-state index contributed by atoms with van der Waals surface area (Å²) < 4.78 is 0. The molecule has 0 amide bonds. The summed E-state index contributed by atoms with van der Waals surface area (Å²) in [6.45, 7) is 3.34. The fraction of sp³-hybridized carbons (Fsp3) is 0.412. The summed E-state index contributed by atoms with van der Waals surface area (Å²) in [5.74, 6) is 0. The molecule has 3 rings (SSSR count). The molecule has 1 N–H and O–H groups in total. The minimum Gasteiger partial charge on any atom is -0.383 e. The van der Waals surface area contributed by atoms with Crippen LogP contribution >= 0.6 is 11.3 Å². The maximum absolute atomic E-state index is 3.62. The lowest BCUT2D eigenvalue weighted by Crippen LogP contribution is -2.38. The summed E-state index contributed by atoms with van der Waals surface area (Å²) >= 11 is 1.85. The van der Waals surface area contributed by atoms with E-state index in [4.69, 9.17) is 0 Å². The van der Waals surface area contributed by atoms with Crippen molar-refractivity contribution in [3.05, 3.63) is 52.2 Å². The average molecular weight is 286 g/mol. The summed E-state index contributed by atoms with van der Waals surface area (Å²) in [7, 11) is 2.26. The van der Waals surface area contributed by atoms with Gasteiger partial charge < -0.3 is 5.32 Å². The first-order valence-corrected chi connectivity index (χ1v) is 8.21. The van der Waals surface area contributed by atoms with E-state index >= 15 is 0 Å². The van der Waals surface area contributed by atoms with Gasteiger partial charge in [0, 0.05) is 29.2 Å². The van der Waals surface area contributed by atoms with Gasteiger partial charge in [-0.1, -0.05) is 24.3 Å². The normalized spacial score (nSPS) is 20.1. The molecule has 106 valence electrons. The standard InChI is InChI=1S/C17H22N2S/c1-13(17-8-5-11-20-17)19(2)15-10-9-14-6-3-4-7-16(14)18-12-15/h3-8,11,13,15,18H,9-10,12H2,1-2H3. The van der Waals surface area contributed by atoms with Crippen LogP contribution in [0.3, 0.4) is 0 Å². The van der Waals surface area contributed by atoms with Crippen molar-refractivity contribution in [1.29, 1.82) is 0 Å². The third-order valence-electron chi connectivity index (χ3n) is 4.43. The lowest BCUT2D eigenvalue weighted by atomic mass is 10.0. The maximum atomic E-state index is 3.62. The zero-order valence-electron chi connectivity index (χ0n) is 12.2. The van der Waals surface area contributed by atoms with Gasteiger partial charge in [-0.3, -0.25) is 4.90 Å². The van der Waals surface area contributed by atoms with Crippen LogP contribution in [0.5, 0.6) is 0 Å². The molecule has 0 fully saturated rings. The van der Waals surface area contributed by atoms with E-state index in [2.05, 4.69) is 66.0 Å². The third kappa shape index (κ3) is 2.74. The number of hydrogen-bond acceptors (Lipinski definition) is 3. The van der Waals surface area contributed by atoms with Crippen LogP contribution in [0.25, 0.3) is 0 Å². The zero-order valence-corrected chi connectivity index (χ0v) is 13.0. The molecule has 0 aliphatic carbocycles. The summed E-state index contributed by atoms with van der Waals surface area (Å²) in [6, 6.07) is 14.1. The molecule has 2 nitrogen and oxygen atoms in total. The molecule has 0 saturated carbocycles. The fourth-order valence-corrected chi connectivity index (χ4v) is 3.79. The Morgan fingerprint density at radius 1 is 1.25 bits per heavy atom. The largest absolute Gasteiger partial charge is 0.383 e. The Labute approximate surface area is 125 Å². The molecule has 1 aromatic heterocycles. The number of rotatable bonds is 3. The molecule has 2 atom stereocenters. The predicted octanol–water partition coefficient (Wildman–Crippen LogP) is 4.17.